The van der Waals surface area contributed by atoms with Crippen molar-refractivity contribution in [2.45, 2.75) is 25.3 Å². The summed E-state index contributed by atoms with van der Waals surface area (Å²) >= 11 is 0. The molecular formula is C14H16F2N2O3. The number of halogens is 2. The van der Waals surface area contributed by atoms with Crippen LogP contribution in [0.4, 0.5) is 14.5 Å². The van der Waals surface area contributed by atoms with Gasteiger partial charge in [0.25, 0.3) is 0 Å². The third-order valence-corrected chi connectivity index (χ3v) is 3.39. The zero-order valence-electron chi connectivity index (χ0n) is 11.3. The second-order valence-electron chi connectivity index (χ2n) is 5.03. The molecule has 1 aromatic carbocycles. The number of carbonyl (C=O) groups is 2. The quantitative estimate of drug-likeness (QED) is 0.890. The molecule has 1 heterocycles. The summed E-state index contributed by atoms with van der Waals surface area (Å²) in [6.45, 7) is 0.400. The number of anilines is 1. The Bertz CT molecular complexity index is 531. The van der Waals surface area contributed by atoms with Crippen LogP contribution in [0.1, 0.15) is 19.3 Å². The molecule has 0 bridgehead atoms. The Morgan fingerprint density at radius 2 is 1.90 bits per heavy atom. The summed E-state index contributed by atoms with van der Waals surface area (Å²) < 4.78 is 26.1. The average Bonchev–Trinajstić information content (AvgIpc) is 2.37. The smallest absolute Gasteiger partial charge is 0.320 e. The van der Waals surface area contributed by atoms with Crippen molar-refractivity contribution in [2.24, 2.45) is 0 Å². The third-order valence-electron chi connectivity index (χ3n) is 3.39. The lowest BCUT2D eigenvalue weighted by molar-refractivity contribution is -0.145. The molecule has 1 aromatic rings. The van der Waals surface area contributed by atoms with E-state index in [2.05, 4.69) is 5.32 Å². The van der Waals surface area contributed by atoms with E-state index in [-0.39, 0.29) is 12.2 Å². The standard InChI is InChI=1S/C14H16F2N2O3/c15-9-5-10(16)7-11(6-9)17-13(19)8-18-4-2-1-3-12(18)14(20)21/h5-7,12H,1-4,8H2,(H,17,19)(H,20,21). The molecule has 0 aliphatic carbocycles. The fourth-order valence-electron chi connectivity index (χ4n) is 2.47. The fraction of sp³-hybridized carbons (Fsp3) is 0.429. The van der Waals surface area contributed by atoms with Gasteiger partial charge in [-0.3, -0.25) is 14.5 Å². The van der Waals surface area contributed by atoms with Gasteiger partial charge in [-0.2, -0.15) is 0 Å². The van der Waals surface area contributed by atoms with Gasteiger partial charge in [0.05, 0.1) is 6.54 Å². The molecule has 1 unspecified atom stereocenters. The summed E-state index contributed by atoms with van der Waals surface area (Å²) in [5.74, 6) is -3.02. The van der Waals surface area contributed by atoms with Crippen molar-refractivity contribution in [3.05, 3.63) is 29.8 Å². The number of benzene rings is 1. The van der Waals surface area contributed by atoms with E-state index in [0.717, 1.165) is 25.0 Å². The summed E-state index contributed by atoms with van der Waals surface area (Å²) in [6.07, 6.45) is 2.13. The van der Waals surface area contributed by atoms with Crippen molar-refractivity contribution in [1.29, 1.82) is 0 Å². The van der Waals surface area contributed by atoms with E-state index in [1.165, 1.54) is 0 Å². The molecule has 21 heavy (non-hydrogen) atoms. The summed E-state index contributed by atoms with van der Waals surface area (Å²) in [5.41, 5.74) is 0.0152. The van der Waals surface area contributed by atoms with E-state index in [1.807, 2.05) is 0 Å². The molecule has 1 fully saturated rings. The Hall–Kier alpha value is -2.02. The lowest BCUT2D eigenvalue weighted by Gasteiger charge is -2.32. The number of hydrogen-bond acceptors (Lipinski definition) is 3. The minimum absolute atomic E-state index is 0.0152. The minimum atomic E-state index is -0.959. The SMILES string of the molecule is O=C(CN1CCCCC1C(=O)O)Nc1cc(F)cc(F)c1. The number of carboxylic acid groups (broad SMARTS) is 1. The van der Waals surface area contributed by atoms with Gasteiger partial charge in [0.1, 0.15) is 17.7 Å². The molecule has 1 saturated heterocycles. The number of nitrogens with zero attached hydrogens (tertiary/aromatic N) is 1. The van der Waals surface area contributed by atoms with E-state index >= 15 is 0 Å². The van der Waals surface area contributed by atoms with Crippen LogP contribution in [0.25, 0.3) is 0 Å². The second kappa shape index (κ2) is 6.62. The van der Waals surface area contributed by atoms with Gasteiger partial charge >= 0.3 is 5.97 Å². The molecule has 1 aliphatic heterocycles. The average molecular weight is 298 g/mol. The maximum absolute atomic E-state index is 13.0. The molecular weight excluding hydrogens is 282 g/mol. The first-order valence-corrected chi connectivity index (χ1v) is 6.68. The number of rotatable bonds is 4. The van der Waals surface area contributed by atoms with Gasteiger partial charge in [-0.25, -0.2) is 8.78 Å². The van der Waals surface area contributed by atoms with Crippen LogP contribution < -0.4 is 5.32 Å². The number of nitrogens with one attached hydrogen (secondary N) is 1. The van der Waals surface area contributed by atoms with Crippen molar-refractivity contribution in [3.63, 3.8) is 0 Å². The van der Waals surface area contributed by atoms with Crippen molar-refractivity contribution >= 4 is 17.6 Å². The third kappa shape index (κ3) is 4.22. The van der Waals surface area contributed by atoms with Crippen LogP contribution in [0, 0.1) is 11.6 Å². The number of likely N-dealkylation sites (tertiary alicyclic amines) is 1. The number of amides is 1. The van der Waals surface area contributed by atoms with Crippen molar-refractivity contribution in [1.82, 2.24) is 4.90 Å². The second-order valence-corrected chi connectivity index (χ2v) is 5.03. The van der Waals surface area contributed by atoms with Gasteiger partial charge in [-0.15, -0.1) is 0 Å². The Balaban J connectivity index is 1.98. The first-order valence-electron chi connectivity index (χ1n) is 6.68. The first-order chi connectivity index (χ1) is 9.95. The van der Waals surface area contributed by atoms with Crippen LogP contribution in [0.5, 0.6) is 0 Å². The van der Waals surface area contributed by atoms with Crippen LogP contribution in [-0.4, -0.2) is 41.0 Å². The topological polar surface area (TPSA) is 69.6 Å². The number of aliphatic carboxylic acids is 1. The largest absolute Gasteiger partial charge is 0.480 e. The molecule has 1 atom stereocenters. The maximum Gasteiger partial charge on any atom is 0.320 e. The Morgan fingerprint density at radius 1 is 1.24 bits per heavy atom. The number of piperidine rings is 1. The summed E-state index contributed by atoms with van der Waals surface area (Å²) in [6, 6.07) is 2.03. The van der Waals surface area contributed by atoms with Gasteiger partial charge in [-0.05, 0) is 31.5 Å². The Morgan fingerprint density at radius 3 is 2.52 bits per heavy atom. The molecule has 0 spiro atoms. The Labute approximate surface area is 120 Å². The molecule has 2 rings (SSSR count). The predicted molar refractivity (Wildman–Crippen MR) is 71.8 cm³/mol. The summed E-state index contributed by atoms with van der Waals surface area (Å²) in [4.78, 5) is 24.6. The van der Waals surface area contributed by atoms with E-state index in [4.69, 9.17) is 5.11 Å². The molecule has 1 amide bonds. The van der Waals surface area contributed by atoms with Crippen LogP contribution >= 0.6 is 0 Å². The molecule has 0 radical (unpaired) electrons. The molecule has 5 nitrogen and oxygen atoms in total. The van der Waals surface area contributed by atoms with Gasteiger partial charge in [0.15, 0.2) is 0 Å². The van der Waals surface area contributed by atoms with Crippen molar-refractivity contribution < 1.29 is 23.5 Å². The van der Waals surface area contributed by atoms with Crippen LogP contribution in [-0.2, 0) is 9.59 Å². The molecule has 2 N–H and O–H groups in total. The van der Waals surface area contributed by atoms with Crippen molar-refractivity contribution in [2.75, 3.05) is 18.4 Å². The van der Waals surface area contributed by atoms with E-state index in [9.17, 15) is 18.4 Å². The minimum Gasteiger partial charge on any atom is -0.480 e. The van der Waals surface area contributed by atoms with Gasteiger partial charge in [0, 0.05) is 11.8 Å². The molecule has 7 heteroatoms. The number of hydrogen-bond donors (Lipinski definition) is 2. The highest BCUT2D eigenvalue weighted by atomic mass is 19.1. The number of carbonyl (C=O) groups excluding carboxylic acids is 1. The number of carboxylic acids is 1. The molecule has 114 valence electrons. The Kier molecular flexibility index (Phi) is 4.85. The van der Waals surface area contributed by atoms with Gasteiger partial charge < -0.3 is 10.4 Å². The highest BCUT2D eigenvalue weighted by Gasteiger charge is 2.29. The van der Waals surface area contributed by atoms with E-state index in [0.29, 0.717) is 19.0 Å². The molecule has 0 aromatic heterocycles. The lowest BCUT2D eigenvalue weighted by Crippen LogP contribution is -2.47. The monoisotopic (exact) mass is 298 g/mol. The zero-order valence-corrected chi connectivity index (χ0v) is 11.3. The van der Waals surface area contributed by atoms with Crippen LogP contribution in [0.3, 0.4) is 0 Å². The van der Waals surface area contributed by atoms with E-state index in [1.54, 1.807) is 4.90 Å². The van der Waals surface area contributed by atoms with Crippen LogP contribution in [0.2, 0.25) is 0 Å². The highest BCUT2D eigenvalue weighted by molar-refractivity contribution is 5.92. The maximum atomic E-state index is 13.0. The highest BCUT2D eigenvalue weighted by Crippen LogP contribution is 2.18. The van der Waals surface area contributed by atoms with E-state index < -0.39 is 29.6 Å². The normalized spacial score (nSPS) is 19.2. The summed E-state index contributed by atoms with van der Waals surface area (Å²) in [7, 11) is 0. The molecule has 0 saturated carbocycles. The van der Waals surface area contributed by atoms with Gasteiger partial charge in [-0.1, -0.05) is 6.42 Å². The zero-order chi connectivity index (χ0) is 15.4. The summed E-state index contributed by atoms with van der Waals surface area (Å²) in [5, 5.41) is 11.5. The van der Waals surface area contributed by atoms with Crippen molar-refractivity contribution in [3.8, 4) is 0 Å². The van der Waals surface area contributed by atoms with Gasteiger partial charge in [0.2, 0.25) is 5.91 Å². The van der Waals surface area contributed by atoms with Crippen LogP contribution in [0.15, 0.2) is 18.2 Å². The lowest BCUT2D eigenvalue weighted by atomic mass is 10.0. The first kappa shape index (κ1) is 15.4. The molecule has 1 aliphatic rings. The predicted octanol–water partition coefficient (Wildman–Crippen LogP) is 1.84. The fourth-order valence-corrected chi connectivity index (χ4v) is 2.47.